The summed E-state index contributed by atoms with van der Waals surface area (Å²) in [7, 11) is 1.57. The number of rotatable bonds is 6. The largest absolute Gasteiger partial charge is 0.495 e. The first-order chi connectivity index (χ1) is 15.6. The molecule has 4 rings (SSSR count). The number of carbonyl (C=O) groups excluding carboxylic acids is 2. The fraction of sp³-hybridized carbons (Fsp3) is 0.200. The van der Waals surface area contributed by atoms with E-state index in [4.69, 9.17) is 4.74 Å². The van der Waals surface area contributed by atoms with Crippen molar-refractivity contribution in [2.24, 2.45) is 0 Å². The van der Waals surface area contributed by atoms with Gasteiger partial charge in [0.1, 0.15) is 5.75 Å². The molecule has 32 heavy (non-hydrogen) atoms. The number of fused-ring (bicyclic) bond motifs is 1. The lowest BCUT2D eigenvalue weighted by atomic mass is 9.99. The van der Waals surface area contributed by atoms with Crippen LogP contribution in [0.15, 0.2) is 72.8 Å². The Morgan fingerprint density at radius 1 is 0.906 bits per heavy atom. The normalized spacial score (nSPS) is 12.5. The highest BCUT2D eigenvalue weighted by atomic mass is 16.5. The molecule has 3 N–H and O–H groups in total. The maximum atomic E-state index is 12.4. The van der Waals surface area contributed by atoms with Gasteiger partial charge in [-0.2, -0.15) is 0 Å². The number of hydrogen-bond acceptors (Lipinski definition) is 5. The summed E-state index contributed by atoms with van der Waals surface area (Å²) in [6.07, 6.45) is 1.01. The topological polar surface area (TPSA) is 82.7 Å². The second-order valence-electron chi connectivity index (χ2n) is 7.54. The Kier molecular flexibility index (Phi) is 6.55. The molecule has 0 fully saturated rings. The summed E-state index contributed by atoms with van der Waals surface area (Å²) < 4.78 is 5.24. The molecule has 0 atom stereocenters. The number of ether oxygens (including phenoxy) is 1. The summed E-state index contributed by atoms with van der Waals surface area (Å²) in [6.45, 7) is 1.80. The minimum absolute atomic E-state index is 0.00394. The fourth-order valence-corrected chi connectivity index (χ4v) is 3.75. The summed E-state index contributed by atoms with van der Waals surface area (Å²) in [4.78, 5) is 26.8. The van der Waals surface area contributed by atoms with Crippen LogP contribution in [0.2, 0.25) is 0 Å². The Balaban J connectivity index is 1.27. The van der Waals surface area contributed by atoms with Gasteiger partial charge in [-0.25, -0.2) is 0 Å². The zero-order valence-corrected chi connectivity index (χ0v) is 17.9. The van der Waals surface area contributed by atoms with Gasteiger partial charge in [0.05, 0.1) is 19.3 Å². The van der Waals surface area contributed by atoms with Gasteiger partial charge >= 0.3 is 0 Å². The molecule has 0 aliphatic carbocycles. The monoisotopic (exact) mass is 430 g/mol. The lowest BCUT2D eigenvalue weighted by Crippen LogP contribution is -2.44. The molecule has 0 bridgehead atoms. The van der Waals surface area contributed by atoms with Crippen LogP contribution in [-0.4, -0.2) is 32.0 Å². The number of methoxy groups -OCH3 is 1. The quantitative estimate of drug-likeness (QED) is 0.524. The third-order valence-corrected chi connectivity index (χ3v) is 5.49. The molecule has 7 heteroatoms. The highest BCUT2D eigenvalue weighted by molar-refractivity contribution is 5.96. The van der Waals surface area contributed by atoms with E-state index in [1.165, 1.54) is 11.1 Å². The Bertz CT molecular complexity index is 1100. The predicted molar refractivity (Wildman–Crippen MR) is 125 cm³/mol. The molecule has 3 aromatic carbocycles. The molecule has 1 aliphatic rings. The van der Waals surface area contributed by atoms with Gasteiger partial charge in [0, 0.05) is 24.3 Å². The molecule has 0 unspecified atom stereocenters. The van der Waals surface area contributed by atoms with E-state index >= 15 is 0 Å². The number of carbonyl (C=O) groups is 2. The molecule has 0 spiro atoms. The van der Waals surface area contributed by atoms with Gasteiger partial charge in [0.2, 0.25) is 0 Å². The van der Waals surface area contributed by atoms with Crippen LogP contribution in [0.4, 0.5) is 11.4 Å². The summed E-state index contributed by atoms with van der Waals surface area (Å²) in [5.74, 6) is -0.0966. The molecule has 0 aromatic heterocycles. The van der Waals surface area contributed by atoms with Crippen molar-refractivity contribution in [2.75, 3.05) is 30.4 Å². The van der Waals surface area contributed by atoms with E-state index in [-0.39, 0.29) is 18.4 Å². The molecule has 0 saturated carbocycles. The molecule has 164 valence electrons. The smallest absolute Gasteiger partial charge is 0.269 e. The van der Waals surface area contributed by atoms with Gasteiger partial charge in [-0.3, -0.25) is 20.4 Å². The molecule has 0 saturated heterocycles. The number of nitrogens with one attached hydrogen (secondary N) is 3. The van der Waals surface area contributed by atoms with Gasteiger partial charge in [-0.05, 0) is 53.9 Å². The van der Waals surface area contributed by atoms with Crippen LogP contribution in [0.25, 0.3) is 0 Å². The van der Waals surface area contributed by atoms with Crippen LogP contribution in [0, 0.1) is 0 Å². The van der Waals surface area contributed by atoms with Gasteiger partial charge in [0.25, 0.3) is 11.8 Å². The lowest BCUT2D eigenvalue weighted by Gasteiger charge is -2.30. The van der Waals surface area contributed by atoms with Crippen LogP contribution in [0.3, 0.4) is 0 Å². The fourth-order valence-electron chi connectivity index (χ4n) is 3.75. The number of benzene rings is 3. The highest BCUT2D eigenvalue weighted by Gasteiger charge is 2.16. The van der Waals surface area contributed by atoms with Gasteiger partial charge in [-0.1, -0.05) is 36.4 Å². The van der Waals surface area contributed by atoms with Crippen molar-refractivity contribution in [2.45, 2.75) is 13.0 Å². The first-order valence-electron chi connectivity index (χ1n) is 10.5. The molecule has 3 aromatic rings. The van der Waals surface area contributed by atoms with E-state index < -0.39 is 0 Å². The maximum Gasteiger partial charge on any atom is 0.269 e. The number of hydrogen-bond donors (Lipinski definition) is 3. The summed E-state index contributed by atoms with van der Waals surface area (Å²) in [6, 6.07) is 23.2. The number of para-hydroxylation sites is 2. The van der Waals surface area contributed by atoms with E-state index in [0.717, 1.165) is 25.2 Å². The predicted octanol–water partition coefficient (Wildman–Crippen LogP) is 3.13. The van der Waals surface area contributed by atoms with Crippen molar-refractivity contribution in [3.63, 3.8) is 0 Å². The van der Waals surface area contributed by atoms with E-state index in [9.17, 15) is 9.59 Å². The first kappa shape index (κ1) is 21.2. The van der Waals surface area contributed by atoms with Crippen LogP contribution in [0.5, 0.6) is 5.75 Å². The van der Waals surface area contributed by atoms with Crippen molar-refractivity contribution in [1.82, 2.24) is 10.9 Å². The van der Waals surface area contributed by atoms with E-state index in [2.05, 4.69) is 45.3 Å². The Hall–Kier alpha value is -4.00. The van der Waals surface area contributed by atoms with Crippen molar-refractivity contribution in [3.8, 4) is 5.75 Å². The van der Waals surface area contributed by atoms with Crippen LogP contribution < -0.4 is 25.8 Å². The second-order valence-corrected chi connectivity index (χ2v) is 7.54. The van der Waals surface area contributed by atoms with E-state index in [1.54, 1.807) is 25.3 Å². The maximum absolute atomic E-state index is 12.4. The first-order valence-corrected chi connectivity index (χ1v) is 10.5. The zero-order chi connectivity index (χ0) is 22.3. The zero-order valence-electron chi connectivity index (χ0n) is 17.9. The van der Waals surface area contributed by atoms with Crippen LogP contribution >= 0.6 is 0 Å². The Morgan fingerprint density at radius 3 is 2.41 bits per heavy atom. The van der Waals surface area contributed by atoms with Gasteiger partial charge < -0.3 is 15.0 Å². The van der Waals surface area contributed by atoms with Crippen molar-refractivity contribution >= 4 is 23.2 Å². The Labute approximate surface area is 187 Å². The summed E-state index contributed by atoms with van der Waals surface area (Å²) in [5.41, 5.74) is 9.86. The molecule has 0 radical (unpaired) electrons. The number of amides is 2. The average molecular weight is 431 g/mol. The van der Waals surface area contributed by atoms with Crippen molar-refractivity contribution < 1.29 is 14.3 Å². The minimum atomic E-state index is -0.369. The summed E-state index contributed by atoms with van der Waals surface area (Å²) >= 11 is 0. The van der Waals surface area contributed by atoms with Crippen LogP contribution in [0.1, 0.15) is 21.5 Å². The molecule has 1 aliphatic heterocycles. The molecular weight excluding hydrogens is 404 g/mol. The van der Waals surface area contributed by atoms with E-state index in [1.807, 2.05) is 30.3 Å². The molecular formula is C25H26N4O3. The number of nitrogens with zero attached hydrogens (tertiary/aromatic N) is 1. The summed E-state index contributed by atoms with van der Waals surface area (Å²) in [5, 5.41) is 2.98. The van der Waals surface area contributed by atoms with Gasteiger partial charge in [-0.15, -0.1) is 0 Å². The standard InChI is InChI=1S/C25H26N4O3/c1-32-23-9-5-4-8-22(23)26-16-24(30)27-28-25(31)19-10-12-21(13-11-19)29-15-14-18-6-2-3-7-20(18)17-29/h2-13,26H,14-17H2,1H3,(H,27,30)(H,28,31). The lowest BCUT2D eigenvalue weighted by molar-refractivity contribution is -0.120. The second kappa shape index (κ2) is 9.87. The molecule has 7 nitrogen and oxygen atoms in total. The van der Waals surface area contributed by atoms with Crippen LogP contribution in [-0.2, 0) is 17.8 Å². The van der Waals surface area contributed by atoms with E-state index in [0.29, 0.717) is 17.0 Å². The SMILES string of the molecule is COc1ccccc1NCC(=O)NNC(=O)c1ccc(N2CCc3ccccc3C2)cc1. The minimum Gasteiger partial charge on any atom is -0.495 e. The third-order valence-electron chi connectivity index (χ3n) is 5.49. The third kappa shape index (κ3) is 5.00. The Morgan fingerprint density at radius 2 is 1.62 bits per heavy atom. The number of anilines is 2. The molecule has 2 amide bonds. The van der Waals surface area contributed by atoms with Gasteiger partial charge in [0.15, 0.2) is 0 Å². The average Bonchev–Trinajstić information content (AvgIpc) is 2.86. The number of hydrazine groups is 1. The highest BCUT2D eigenvalue weighted by Crippen LogP contribution is 2.25. The van der Waals surface area contributed by atoms with Crippen molar-refractivity contribution in [3.05, 3.63) is 89.5 Å². The molecule has 1 heterocycles. The van der Waals surface area contributed by atoms with Crippen molar-refractivity contribution in [1.29, 1.82) is 0 Å².